The topological polar surface area (TPSA) is 79.2 Å². The SMILES string of the molecule is COCCCOc1cc2c(cc1OC)-c1cc(=O)c(C(=O)OC)cn1N1[C@H]2CCCC1(C)C. The lowest BCUT2D eigenvalue weighted by Gasteiger charge is -2.53. The Morgan fingerprint density at radius 3 is 2.61 bits per heavy atom. The molecule has 8 heteroatoms. The summed E-state index contributed by atoms with van der Waals surface area (Å²) >= 11 is 0. The number of aromatic nitrogens is 1. The summed E-state index contributed by atoms with van der Waals surface area (Å²) in [6.07, 6.45) is 5.41. The number of methoxy groups -OCH3 is 3. The molecule has 2 aliphatic rings. The van der Waals surface area contributed by atoms with Crippen LogP contribution in [0.1, 0.15) is 61.5 Å². The van der Waals surface area contributed by atoms with Crippen molar-refractivity contribution in [3.8, 4) is 22.8 Å². The number of hydrogen-bond donors (Lipinski definition) is 0. The number of fused-ring (bicyclic) bond motifs is 6. The molecule has 33 heavy (non-hydrogen) atoms. The van der Waals surface area contributed by atoms with Gasteiger partial charge < -0.3 is 18.9 Å². The molecule has 4 rings (SSSR count). The van der Waals surface area contributed by atoms with E-state index in [4.69, 9.17) is 18.9 Å². The molecule has 0 radical (unpaired) electrons. The summed E-state index contributed by atoms with van der Waals surface area (Å²) in [5.74, 6) is 0.647. The van der Waals surface area contributed by atoms with Crippen molar-refractivity contribution >= 4 is 5.97 Å². The Kier molecular flexibility index (Phi) is 6.38. The third kappa shape index (κ3) is 4.08. The maximum Gasteiger partial charge on any atom is 0.343 e. The third-order valence-electron chi connectivity index (χ3n) is 6.57. The predicted molar refractivity (Wildman–Crippen MR) is 125 cm³/mol. The normalized spacial score (nSPS) is 18.1. The monoisotopic (exact) mass is 456 g/mol. The summed E-state index contributed by atoms with van der Waals surface area (Å²) in [4.78, 5) is 25.1. The van der Waals surface area contributed by atoms with E-state index in [2.05, 4.69) is 18.9 Å². The summed E-state index contributed by atoms with van der Waals surface area (Å²) in [6, 6.07) is 5.56. The van der Waals surface area contributed by atoms with Crippen LogP contribution in [0, 0.1) is 0 Å². The van der Waals surface area contributed by atoms with Gasteiger partial charge in [0.1, 0.15) is 5.56 Å². The molecule has 2 aromatic rings. The minimum atomic E-state index is -0.634. The number of rotatable bonds is 7. The van der Waals surface area contributed by atoms with Crippen LogP contribution in [0.3, 0.4) is 0 Å². The fraction of sp³-hybridized carbons (Fsp3) is 0.520. The Morgan fingerprint density at radius 1 is 1.12 bits per heavy atom. The summed E-state index contributed by atoms with van der Waals surface area (Å²) in [5, 5.41) is 2.28. The number of esters is 1. The van der Waals surface area contributed by atoms with Gasteiger partial charge in [0, 0.05) is 38.0 Å². The van der Waals surface area contributed by atoms with Crippen LogP contribution in [0.4, 0.5) is 0 Å². The van der Waals surface area contributed by atoms with E-state index < -0.39 is 5.97 Å². The van der Waals surface area contributed by atoms with Crippen molar-refractivity contribution in [2.45, 2.75) is 51.1 Å². The molecule has 2 aliphatic heterocycles. The van der Waals surface area contributed by atoms with Crippen molar-refractivity contribution in [2.75, 3.05) is 39.6 Å². The number of piperidine rings is 1. The van der Waals surface area contributed by atoms with Crippen LogP contribution in [0.2, 0.25) is 0 Å². The van der Waals surface area contributed by atoms with Crippen molar-refractivity contribution in [1.82, 2.24) is 4.68 Å². The lowest BCUT2D eigenvalue weighted by molar-refractivity contribution is 0.0597. The van der Waals surface area contributed by atoms with Crippen molar-refractivity contribution in [1.29, 1.82) is 0 Å². The van der Waals surface area contributed by atoms with Crippen LogP contribution < -0.4 is 19.9 Å². The lowest BCUT2D eigenvalue weighted by Crippen LogP contribution is -2.57. The van der Waals surface area contributed by atoms with Gasteiger partial charge in [-0.3, -0.25) is 14.5 Å². The molecule has 1 aromatic carbocycles. The Bertz CT molecular complexity index is 1110. The summed E-state index contributed by atoms with van der Waals surface area (Å²) in [5.41, 5.74) is 2.19. The molecule has 178 valence electrons. The van der Waals surface area contributed by atoms with E-state index >= 15 is 0 Å². The first kappa shape index (κ1) is 23.2. The van der Waals surface area contributed by atoms with E-state index in [9.17, 15) is 9.59 Å². The Balaban J connectivity index is 1.90. The second-order valence-corrected chi connectivity index (χ2v) is 9.12. The number of ether oxygens (including phenoxy) is 4. The first-order valence-corrected chi connectivity index (χ1v) is 11.3. The second kappa shape index (κ2) is 9.09. The molecule has 8 nitrogen and oxygen atoms in total. The Morgan fingerprint density at radius 2 is 1.91 bits per heavy atom. The Hall–Kier alpha value is -3.00. The van der Waals surface area contributed by atoms with E-state index in [1.165, 1.54) is 13.2 Å². The molecule has 0 spiro atoms. The highest BCUT2D eigenvalue weighted by atomic mass is 16.5. The number of carbonyl (C=O) groups is 1. The number of pyridine rings is 1. The van der Waals surface area contributed by atoms with Gasteiger partial charge in [-0.2, -0.15) is 0 Å². The van der Waals surface area contributed by atoms with Gasteiger partial charge in [0.15, 0.2) is 16.9 Å². The number of benzene rings is 1. The second-order valence-electron chi connectivity index (χ2n) is 9.12. The zero-order chi connectivity index (χ0) is 23.8. The van der Waals surface area contributed by atoms with E-state index in [1.54, 1.807) is 20.4 Å². The van der Waals surface area contributed by atoms with Gasteiger partial charge in [0.2, 0.25) is 0 Å². The average molecular weight is 457 g/mol. The molecule has 0 bridgehead atoms. The molecule has 3 heterocycles. The van der Waals surface area contributed by atoms with Crippen molar-refractivity contribution in [3.05, 3.63) is 45.7 Å². The lowest BCUT2D eigenvalue weighted by atomic mass is 9.82. The highest BCUT2D eigenvalue weighted by Gasteiger charge is 2.43. The fourth-order valence-electron chi connectivity index (χ4n) is 5.01. The standard InChI is InChI=1S/C25H32N2O6/c1-25(2)9-6-8-19-16-13-23(33-11-7-10-30-3)22(31-4)12-17(16)20-14-21(28)18(24(29)32-5)15-26(20)27(19)25/h12-15,19H,6-11H2,1-5H3/t19-/m0/s1. The van der Waals surface area contributed by atoms with Crippen LogP contribution in [0.15, 0.2) is 29.2 Å². The summed E-state index contributed by atoms with van der Waals surface area (Å²) < 4.78 is 23.6. The van der Waals surface area contributed by atoms with Gasteiger partial charge in [0.25, 0.3) is 0 Å². The molecule has 0 saturated carbocycles. The average Bonchev–Trinajstić information content (AvgIpc) is 2.80. The van der Waals surface area contributed by atoms with Gasteiger partial charge in [-0.1, -0.05) is 0 Å². The zero-order valence-electron chi connectivity index (χ0n) is 20.0. The summed E-state index contributed by atoms with van der Waals surface area (Å²) in [6.45, 7) is 5.52. The molecular weight excluding hydrogens is 424 g/mol. The van der Waals surface area contributed by atoms with Crippen LogP contribution in [0.25, 0.3) is 11.3 Å². The maximum absolute atomic E-state index is 12.8. The zero-order valence-corrected chi connectivity index (χ0v) is 20.0. The molecular formula is C25H32N2O6. The quantitative estimate of drug-likeness (QED) is 0.464. The summed E-state index contributed by atoms with van der Waals surface area (Å²) in [7, 11) is 4.56. The highest BCUT2D eigenvalue weighted by Crippen LogP contribution is 2.49. The van der Waals surface area contributed by atoms with Gasteiger partial charge in [-0.25, -0.2) is 4.79 Å². The number of carbonyl (C=O) groups excluding carboxylic acids is 1. The highest BCUT2D eigenvalue weighted by molar-refractivity contribution is 5.89. The van der Waals surface area contributed by atoms with Crippen LogP contribution in [-0.4, -0.2) is 50.7 Å². The first-order valence-electron chi connectivity index (χ1n) is 11.3. The number of hydrogen-bond acceptors (Lipinski definition) is 7. The Labute approximate surface area is 194 Å². The third-order valence-corrected chi connectivity index (χ3v) is 6.57. The van der Waals surface area contributed by atoms with Crippen molar-refractivity contribution in [3.63, 3.8) is 0 Å². The van der Waals surface area contributed by atoms with E-state index in [0.717, 1.165) is 42.5 Å². The molecule has 1 aromatic heterocycles. The first-order chi connectivity index (χ1) is 15.8. The van der Waals surface area contributed by atoms with E-state index in [0.29, 0.717) is 24.7 Å². The molecule has 0 aliphatic carbocycles. The largest absolute Gasteiger partial charge is 0.493 e. The van der Waals surface area contributed by atoms with Crippen LogP contribution in [-0.2, 0) is 9.47 Å². The minimum Gasteiger partial charge on any atom is -0.493 e. The fourth-order valence-corrected chi connectivity index (χ4v) is 5.01. The van der Waals surface area contributed by atoms with Crippen molar-refractivity contribution in [2.24, 2.45) is 0 Å². The maximum atomic E-state index is 12.8. The molecule has 1 saturated heterocycles. The van der Waals surface area contributed by atoms with E-state index in [-0.39, 0.29) is 22.6 Å². The molecule has 1 fully saturated rings. The predicted octanol–water partition coefficient (Wildman–Crippen LogP) is 3.68. The number of nitrogens with zero attached hydrogens (tertiary/aromatic N) is 2. The minimum absolute atomic E-state index is 0.0230. The molecule has 0 amide bonds. The van der Waals surface area contributed by atoms with Gasteiger partial charge in [-0.15, -0.1) is 0 Å². The van der Waals surface area contributed by atoms with Crippen LogP contribution in [0.5, 0.6) is 11.5 Å². The van der Waals surface area contributed by atoms with Gasteiger partial charge in [-0.05, 0) is 50.8 Å². The molecule has 0 N–H and O–H groups in total. The van der Waals surface area contributed by atoms with E-state index in [1.807, 2.05) is 16.8 Å². The van der Waals surface area contributed by atoms with Gasteiger partial charge in [0.05, 0.1) is 38.1 Å². The molecule has 0 unspecified atom stereocenters. The van der Waals surface area contributed by atoms with Gasteiger partial charge >= 0.3 is 5.97 Å². The van der Waals surface area contributed by atoms with Crippen molar-refractivity contribution < 1.29 is 23.7 Å². The smallest absolute Gasteiger partial charge is 0.343 e. The van der Waals surface area contributed by atoms with Crippen LogP contribution >= 0.6 is 0 Å². The molecule has 1 atom stereocenters.